The van der Waals surface area contributed by atoms with E-state index in [1.54, 1.807) is 0 Å². The van der Waals surface area contributed by atoms with Crippen molar-refractivity contribution in [3.63, 3.8) is 0 Å². The van der Waals surface area contributed by atoms with Crippen molar-refractivity contribution in [1.82, 2.24) is 15.1 Å². The summed E-state index contributed by atoms with van der Waals surface area (Å²) in [5.41, 5.74) is 0. The van der Waals surface area contributed by atoms with Crippen LogP contribution in [0.3, 0.4) is 0 Å². The average molecular weight is 297 g/mol. The molecular weight excluding hydrogens is 266 g/mol. The topological polar surface area (TPSA) is 44.8 Å². The highest BCUT2D eigenvalue weighted by atomic mass is 16.5. The van der Waals surface area contributed by atoms with Crippen molar-refractivity contribution < 1.29 is 9.53 Å². The lowest BCUT2D eigenvalue weighted by atomic mass is 10.0. The van der Waals surface area contributed by atoms with Crippen molar-refractivity contribution in [3.05, 3.63) is 0 Å². The van der Waals surface area contributed by atoms with Gasteiger partial charge in [-0.2, -0.15) is 0 Å². The van der Waals surface area contributed by atoms with Gasteiger partial charge in [0.05, 0.1) is 6.10 Å². The van der Waals surface area contributed by atoms with Gasteiger partial charge in [0, 0.05) is 38.8 Å². The Labute approximate surface area is 129 Å². The second kappa shape index (κ2) is 8.59. The van der Waals surface area contributed by atoms with E-state index in [1.165, 1.54) is 13.0 Å². The van der Waals surface area contributed by atoms with Crippen molar-refractivity contribution in [2.24, 2.45) is 0 Å². The van der Waals surface area contributed by atoms with Crippen LogP contribution in [0.1, 0.15) is 46.0 Å². The number of likely N-dealkylation sites (tertiary alicyclic amines) is 2. The third-order valence-electron chi connectivity index (χ3n) is 4.59. The van der Waals surface area contributed by atoms with E-state index >= 15 is 0 Å². The number of carbonyl (C=O) groups excluding carboxylic acids is 1. The van der Waals surface area contributed by atoms with Gasteiger partial charge in [0.2, 0.25) is 0 Å². The quantitative estimate of drug-likeness (QED) is 0.845. The summed E-state index contributed by atoms with van der Waals surface area (Å²) in [5.74, 6) is 0. The van der Waals surface area contributed by atoms with E-state index in [0.717, 1.165) is 58.5 Å². The Hall–Kier alpha value is -0.810. The molecule has 0 aromatic heterocycles. The molecule has 0 unspecified atom stereocenters. The lowest BCUT2D eigenvalue weighted by molar-refractivity contribution is 0.0215. The van der Waals surface area contributed by atoms with E-state index in [2.05, 4.69) is 17.1 Å². The highest BCUT2D eigenvalue weighted by Gasteiger charge is 2.26. The van der Waals surface area contributed by atoms with Gasteiger partial charge in [-0.05, 0) is 45.6 Å². The molecule has 2 aliphatic rings. The SMILES string of the molecule is CCCN1CCC(NC(=O)N2CCC(OCC)CC2)CC1. The fourth-order valence-electron chi connectivity index (χ4n) is 3.34. The molecule has 2 aliphatic heterocycles. The minimum absolute atomic E-state index is 0.124. The lowest BCUT2D eigenvalue weighted by Crippen LogP contribution is -2.51. The number of hydrogen-bond donors (Lipinski definition) is 1. The van der Waals surface area contributed by atoms with E-state index in [1.807, 2.05) is 11.8 Å². The molecule has 122 valence electrons. The molecule has 0 radical (unpaired) electrons. The van der Waals surface area contributed by atoms with Crippen molar-refractivity contribution in [2.75, 3.05) is 39.3 Å². The number of carbonyl (C=O) groups is 1. The zero-order valence-electron chi connectivity index (χ0n) is 13.6. The first kappa shape index (κ1) is 16.6. The van der Waals surface area contributed by atoms with Gasteiger partial charge in [-0.15, -0.1) is 0 Å². The van der Waals surface area contributed by atoms with Crippen LogP contribution in [0.25, 0.3) is 0 Å². The Morgan fingerprint density at radius 3 is 2.33 bits per heavy atom. The van der Waals surface area contributed by atoms with Crippen molar-refractivity contribution >= 4 is 6.03 Å². The summed E-state index contributed by atoms with van der Waals surface area (Å²) in [6.45, 7) is 10.1. The number of urea groups is 1. The largest absolute Gasteiger partial charge is 0.378 e. The molecule has 0 aromatic carbocycles. The molecule has 2 heterocycles. The summed E-state index contributed by atoms with van der Waals surface area (Å²) >= 11 is 0. The zero-order valence-corrected chi connectivity index (χ0v) is 13.6. The van der Waals surface area contributed by atoms with Crippen LogP contribution in [-0.2, 0) is 4.74 Å². The fourth-order valence-corrected chi connectivity index (χ4v) is 3.34. The minimum Gasteiger partial charge on any atom is -0.378 e. The molecule has 0 spiro atoms. The van der Waals surface area contributed by atoms with Crippen LogP contribution in [0.5, 0.6) is 0 Å². The molecule has 5 heteroatoms. The van der Waals surface area contributed by atoms with Crippen LogP contribution in [0, 0.1) is 0 Å². The van der Waals surface area contributed by atoms with E-state index in [0.29, 0.717) is 12.1 Å². The molecule has 2 amide bonds. The van der Waals surface area contributed by atoms with Crippen LogP contribution in [-0.4, -0.2) is 67.3 Å². The van der Waals surface area contributed by atoms with Gasteiger partial charge in [0.25, 0.3) is 0 Å². The van der Waals surface area contributed by atoms with Crippen molar-refractivity contribution in [3.8, 4) is 0 Å². The molecule has 0 saturated carbocycles. The monoisotopic (exact) mass is 297 g/mol. The van der Waals surface area contributed by atoms with E-state index < -0.39 is 0 Å². The molecule has 2 fully saturated rings. The number of nitrogens with zero attached hydrogens (tertiary/aromatic N) is 2. The molecule has 0 aliphatic carbocycles. The first-order chi connectivity index (χ1) is 10.2. The Morgan fingerprint density at radius 1 is 1.10 bits per heavy atom. The smallest absolute Gasteiger partial charge is 0.317 e. The number of piperidine rings is 2. The normalized spacial score (nSPS) is 22.5. The van der Waals surface area contributed by atoms with Crippen molar-refractivity contribution in [2.45, 2.75) is 58.1 Å². The molecule has 2 rings (SSSR count). The first-order valence-corrected chi connectivity index (χ1v) is 8.62. The Bertz CT molecular complexity index is 309. The summed E-state index contributed by atoms with van der Waals surface area (Å²) < 4.78 is 5.63. The second-order valence-corrected chi connectivity index (χ2v) is 6.21. The molecule has 21 heavy (non-hydrogen) atoms. The number of rotatable bonds is 5. The van der Waals surface area contributed by atoms with Gasteiger partial charge in [-0.25, -0.2) is 4.79 Å². The summed E-state index contributed by atoms with van der Waals surface area (Å²) in [5, 5.41) is 3.22. The van der Waals surface area contributed by atoms with Gasteiger partial charge >= 0.3 is 6.03 Å². The summed E-state index contributed by atoms with van der Waals surface area (Å²) in [6, 6.07) is 0.481. The van der Waals surface area contributed by atoms with Gasteiger partial charge in [-0.3, -0.25) is 0 Å². The molecule has 0 bridgehead atoms. The summed E-state index contributed by atoms with van der Waals surface area (Å²) in [7, 11) is 0. The molecule has 2 saturated heterocycles. The maximum atomic E-state index is 12.3. The zero-order chi connectivity index (χ0) is 15.1. The lowest BCUT2D eigenvalue weighted by Gasteiger charge is -2.35. The third kappa shape index (κ3) is 5.15. The molecule has 1 N–H and O–H groups in total. The average Bonchev–Trinajstić information content (AvgIpc) is 2.50. The van der Waals surface area contributed by atoms with Gasteiger partial charge in [0.1, 0.15) is 0 Å². The molecule has 0 aromatic rings. The first-order valence-electron chi connectivity index (χ1n) is 8.62. The molecular formula is C16H31N3O2. The van der Waals surface area contributed by atoms with Crippen LogP contribution in [0.15, 0.2) is 0 Å². The maximum Gasteiger partial charge on any atom is 0.317 e. The van der Waals surface area contributed by atoms with Gasteiger partial charge < -0.3 is 19.9 Å². The van der Waals surface area contributed by atoms with Crippen LogP contribution >= 0.6 is 0 Å². The Morgan fingerprint density at radius 2 is 1.76 bits per heavy atom. The standard InChI is InChI=1S/C16H31N3O2/c1-3-9-18-10-5-14(6-11-18)17-16(20)19-12-7-15(8-13-19)21-4-2/h14-15H,3-13H2,1-2H3,(H,17,20). The Balaban J connectivity index is 1.66. The number of nitrogens with one attached hydrogen (secondary N) is 1. The van der Waals surface area contributed by atoms with E-state index in [-0.39, 0.29) is 6.03 Å². The van der Waals surface area contributed by atoms with E-state index in [9.17, 15) is 4.79 Å². The predicted octanol–water partition coefficient (Wildman–Crippen LogP) is 2.07. The van der Waals surface area contributed by atoms with Gasteiger partial charge in [0.15, 0.2) is 0 Å². The summed E-state index contributed by atoms with van der Waals surface area (Å²) in [6.07, 6.45) is 5.66. The maximum absolute atomic E-state index is 12.3. The predicted molar refractivity (Wildman–Crippen MR) is 84.5 cm³/mol. The molecule has 5 nitrogen and oxygen atoms in total. The number of amides is 2. The third-order valence-corrected chi connectivity index (χ3v) is 4.59. The highest BCUT2D eigenvalue weighted by molar-refractivity contribution is 5.74. The van der Waals surface area contributed by atoms with Crippen LogP contribution < -0.4 is 5.32 Å². The number of ether oxygens (including phenoxy) is 1. The second-order valence-electron chi connectivity index (χ2n) is 6.21. The fraction of sp³-hybridized carbons (Fsp3) is 0.938. The number of hydrogen-bond acceptors (Lipinski definition) is 3. The van der Waals surface area contributed by atoms with Crippen LogP contribution in [0.2, 0.25) is 0 Å². The summed E-state index contributed by atoms with van der Waals surface area (Å²) in [4.78, 5) is 16.7. The van der Waals surface area contributed by atoms with Crippen molar-refractivity contribution in [1.29, 1.82) is 0 Å². The minimum atomic E-state index is 0.124. The highest BCUT2D eigenvalue weighted by Crippen LogP contribution is 2.15. The molecule has 0 atom stereocenters. The van der Waals surface area contributed by atoms with E-state index in [4.69, 9.17) is 4.74 Å². The van der Waals surface area contributed by atoms with Gasteiger partial charge in [-0.1, -0.05) is 6.92 Å². The Kier molecular flexibility index (Phi) is 6.77. The van der Waals surface area contributed by atoms with Crippen LogP contribution in [0.4, 0.5) is 4.79 Å².